The summed E-state index contributed by atoms with van der Waals surface area (Å²) >= 11 is 0. The van der Waals surface area contributed by atoms with Gasteiger partial charge in [-0.2, -0.15) is 0 Å². The number of aromatic hydroxyl groups is 2. The molecule has 1 atom stereocenters. The largest absolute Gasteiger partial charge is 0.504 e. The second-order valence-electron chi connectivity index (χ2n) is 3.22. The summed E-state index contributed by atoms with van der Waals surface area (Å²) in [6.07, 6.45) is 3.43. The van der Waals surface area contributed by atoms with Crippen LogP contribution in [0, 0.1) is 0 Å². The molecular formula is C11H15NO2. The van der Waals surface area contributed by atoms with Crippen molar-refractivity contribution in [1.82, 2.24) is 0 Å². The first-order valence-electron chi connectivity index (χ1n) is 4.53. The maximum Gasteiger partial charge on any atom is 0.157 e. The molecular weight excluding hydrogens is 178 g/mol. The van der Waals surface area contributed by atoms with Crippen LogP contribution < -0.4 is 5.73 Å². The van der Waals surface area contributed by atoms with Crippen LogP contribution in [0.4, 0.5) is 0 Å². The van der Waals surface area contributed by atoms with Gasteiger partial charge in [0.25, 0.3) is 0 Å². The number of hydrogen-bond donors (Lipinski definition) is 3. The Labute approximate surface area is 83.5 Å². The molecule has 0 saturated carbocycles. The monoisotopic (exact) mass is 193 g/mol. The highest BCUT2D eigenvalue weighted by atomic mass is 16.3. The fourth-order valence-electron chi connectivity index (χ4n) is 1.24. The Balaban J connectivity index is 2.75. The van der Waals surface area contributed by atoms with E-state index >= 15 is 0 Å². The van der Waals surface area contributed by atoms with Crippen LogP contribution in [0.2, 0.25) is 0 Å². The normalized spacial score (nSPS) is 12.4. The first-order valence-corrected chi connectivity index (χ1v) is 4.53. The lowest BCUT2D eigenvalue weighted by molar-refractivity contribution is 0.402. The molecule has 0 radical (unpaired) electrons. The van der Waals surface area contributed by atoms with Gasteiger partial charge in [-0.1, -0.05) is 12.1 Å². The maximum absolute atomic E-state index is 9.25. The van der Waals surface area contributed by atoms with E-state index in [0.717, 1.165) is 18.4 Å². The molecule has 1 aromatic carbocycles. The average Bonchev–Trinajstić information content (AvgIpc) is 2.18. The summed E-state index contributed by atoms with van der Waals surface area (Å²) in [6.45, 7) is 3.61. The molecule has 0 aliphatic heterocycles. The van der Waals surface area contributed by atoms with E-state index in [1.807, 2.05) is 0 Å². The Kier molecular flexibility index (Phi) is 3.54. The van der Waals surface area contributed by atoms with Crippen LogP contribution in [0.1, 0.15) is 24.4 Å². The number of phenolic OH excluding ortho intramolecular Hbond substituents is 2. The molecule has 1 rings (SSSR count). The van der Waals surface area contributed by atoms with Gasteiger partial charge in [0.15, 0.2) is 11.5 Å². The van der Waals surface area contributed by atoms with E-state index in [1.165, 1.54) is 12.1 Å². The first kappa shape index (κ1) is 10.6. The van der Waals surface area contributed by atoms with Gasteiger partial charge >= 0.3 is 0 Å². The summed E-state index contributed by atoms with van der Waals surface area (Å²) in [6, 6.07) is 4.52. The van der Waals surface area contributed by atoms with Gasteiger partial charge in [-0.25, -0.2) is 0 Å². The third-order valence-corrected chi connectivity index (χ3v) is 2.11. The van der Waals surface area contributed by atoms with Crippen molar-refractivity contribution in [2.75, 3.05) is 0 Å². The summed E-state index contributed by atoms with van der Waals surface area (Å²) in [5.74, 6) is -0.249. The molecule has 3 nitrogen and oxygen atoms in total. The number of rotatable bonds is 4. The lowest BCUT2D eigenvalue weighted by Gasteiger charge is -2.11. The zero-order chi connectivity index (χ0) is 10.6. The minimum Gasteiger partial charge on any atom is -0.504 e. The predicted molar refractivity (Wildman–Crippen MR) is 56.1 cm³/mol. The molecule has 0 saturated heterocycles. The highest BCUT2D eigenvalue weighted by molar-refractivity contribution is 5.41. The Morgan fingerprint density at radius 1 is 1.36 bits per heavy atom. The molecule has 0 fully saturated rings. The quantitative estimate of drug-likeness (QED) is 0.506. The van der Waals surface area contributed by atoms with Crippen molar-refractivity contribution in [3.8, 4) is 11.5 Å². The van der Waals surface area contributed by atoms with E-state index in [2.05, 4.69) is 6.58 Å². The molecule has 0 aliphatic rings. The number of phenols is 2. The zero-order valence-corrected chi connectivity index (χ0v) is 7.98. The number of allylic oxidation sites excluding steroid dienone is 1. The van der Waals surface area contributed by atoms with E-state index in [1.54, 1.807) is 12.1 Å². The third-order valence-electron chi connectivity index (χ3n) is 2.11. The Hall–Kier alpha value is -1.48. The van der Waals surface area contributed by atoms with Crippen LogP contribution in [-0.2, 0) is 0 Å². The van der Waals surface area contributed by atoms with Crippen molar-refractivity contribution in [2.45, 2.75) is 18.9 Å². The van der Waals surface area contributed by atoms with Crippen molar-refractivity contribution >= 4 is 0 Å². The van der Waals surface area contributed by atoms with Gasteiger partial charge in [-0.15, -0.1) is 6.58 Å². The molecule has 76 valence electrons. The van der Waals surface area contributed by atoms with Crippen LogP contribution in [0.3, 0.4) is 0 Å². The molecule has 14 heavy (non-hydrogen) atoms. The summed E-state index contributed by atoms with van der Waals surface area (Å²) in [5.41, 5.74) is 6.68. The molecule has 0 unspecified atom stereocenters. The Bertz CT molecular complexity index is 323. The van der Waals surface area contributed by atoms with Crippen molar-refractivity contribution in [3.05, 3.63) is 36.4 Å². The van der Waals surface area contributed by atoms with Gasteiger partial charge in [-0.05, 0) is 30.5 Å². The third kappa shape index (κ3) is 2.50. The smallest absolute Gasteiger partial charge is 0.157 e. The van der Waals surface area contributed by atoms with E-state index in [4.69, 9.17) is 10.8 Å². The molecule has 4 N–H and O–H groups in total. The van der Waals surface area contributed by atoms with Gasteiger partial charge in [0.1, 0.15) is 0 Å². The fraction of sp³-hybridized carbons (Fsp3) is 0.273. The van der Waals surface area contributed by atoms with Crippen molar-refractivity contribution < 1.29 is 10.2 Å². The topological polar surface area (TPSA) is 66.5 Å². The van der Waals surface area contributed by atoms with Crippen molar-refractivity contribution in [3.63, 3.8) is 0 Å². The predicted octanol–water partition coefficient (Wildman–Crippen LogP) is 2.06. The van der Waals surface area contributed by atoms with Crippen LogP contribution in [0.5, 0.6) is 11.5 Å². The zero-order valence-electron chi connectivity index (χ0n) is 7.98. The fourth-order valence-corrected chi connectivity index (χ4v) is 1.24. The molecule has 0 heterocycles. The second kappa shape index (κ2) is 4.67. The average molecular weight is 193 g/mol. The van der Waals surface area contributed by atoms with Crippen LogP contribution in [0.25, 0.3) is 0 Å². The van der Waals surface area contributed by atoms with Gasteiger partial charge < -0.3 is 15.9 Å². The van der Waals surface area contributed by atoms with Crippen LogP contribution >= 0.6 is 0 Å². The number of hydrogen-bond acceptors (Lipinski definition) is 3. The summed E-state index contributed by atoms with van der Waals surface area (Å²) in [5, 5.41) is 18.3. The highest BCUT2D eigenvalue weighted by Gasteiger charge is 2.07. The van der Waals surface area contributed by atoms with Gasteiger partial charge in [0.05, 0.1) is 0 Å². The molecule has 0 aromatic heterocycles. The van der Waals surface area contributed by atoms with Crippen molar-refractivity contribution in [2.24, 2.45) is 5.73 Å². The van der Waals surface area contributed by atoms with E-state index in [9.17, 15) is 5.11 Å². The molecule has 0 bridgehead atoms. The van der Waals surface area contributed by atoms with E-state index < -0.39 is 0 Å². The molecule has 0 aliphatic carbocycles. The number of nitrogens with two attached hydrogens (primary N) is 1. The maximum atomic E-state index is 9.25. The van der Waals surface area contributed by atoms with E-state index in [0.29, 0.717) is 0 Å². The number of benzene rings is 1. The SMILES string of the molecule is C=CCC[C@@H](N)c1ccc(O)c(O)c1. The molecule has 0 spiro atoms. The van der Waals surface area contributed by atoms with Gasteiger partial charge in [0.2, 0.25) is 0 Å². The van der Waals surface area contributed by atoms with E-state index in [-0.39, 0.29) is 17.5 Å². The molecule has 3 heteroatoms. The molecule has 0 amide bonds. The second-order valence-corrected chi connectivity index (χ2v) is 3.22. The summed E-state index contributed by atoms with van der Waals surface area (Å²) in [4.78, 5) is 0. The Morgan fingerprint density at radius 2 is 2.07 bits per heavy atom. The van der Waals surface area contributed by atoms with Gasteiger partial charge in [0, 0.05) is 6.04 Å². The van der Waals surface area contributed by atoms with Crippen LogP contribution in [-0.4, -0.2) is 10.2 Å². The highest BCUT2D eigenvalue weighted by Crippen LogP contribution is 2.28. The lowest BCUT2D eigenvalue weighted by Crippen LogP contribution is -2.09. The minimum absolute atomic E-state index is 0.121. The summed E-state index contributed by atoms with van der Waals surface area (Å²) < 4.78 is 0. The van der Waals surface area contributed by atoms with Crippen molar-refractivity contribution in [1.29, 1.82) is 0 Å². The standard InChI is InChI=1S/C11H15NO2/c1-2-3-4-9(12)8-5-6-10(13)11(14)7-8/h2,5-7,9,13-14H,1,3-4,12H2/t9-/m1/s1. The minimum atomic E-state index is -0.128. The lowest BCUT2D eigenvalue weighted by atomic mass is 10.0. The van der Waals surface area contributed by atoms with Crippen LogP contribution in [0.15, 0.2) is 30.9 Å². The summed E-state index contributed by atoms with van der Waals surface area (Å²) in [7, 11) is 0. The Morgan fingerprint density at radius 3 is 2.64 bits per heavy atom. The first-order chi connectivity index (χ1) is 6.65. The molecule has 1 aromatic rings. The van der Waals surface area contributed by atoms with Gasteiger partial charge in [-0.3, -0.25) is 0 Å².